The number of rotatable bonds is 6. The van der Waals surface area contributed by atoms with Gasteiger partial charge >= 0.3 is 5.97 Å². The largest absolute Gasteiger partial charge is 0.497 e. The molecule has 1 amide bonds. The zero-order valence-electron chi connectivity index (χ0n) is 10.5. The Kier molecular flexibility index (Phi) is 5.44. The van der Waals surface area contributed by atoms with Gasteiger partial charge in [-0.05, 0) is 19.1 Å². The summed E-state index contributed by atoms with van der Waals surface area (Å²) in [7, 11) is 1.51. The van der Waals surface area contributed by atoms with Gasteiger partial charge in [-0.25, -0.2) is 0 Å². The number of carbonyl (C=O) groups excluding carboxylic acids is 1. The number of methoxy groups -OCH3 is 1. The molecule has 104 valence electrons. The highest BCUT2D eigenvalue weighted by Crippen LogP contribution is 2.28. The first-order valence-corrected chi connectivity index (χ1v) is 5.80. The number of benzene rings is 1. The quantitative estimate of drug-likeness (QED) is 0.824. The molecule has 0 spiro atoms. The number of halogens is 1. The van der Waals surface area contributed by atoms with Crippen molar-refractivity contribution in [3.05, 3.63) is 23.2 Å². The lowest BCUT2D eigenvalue weighted by Crippen LogP contribution is -2.40. The molecule has 0 saturated carbocycles. The van der Waals surface area contributed by atoms with E-state index in [0.29, 0.717) is 16.5 Å². The van der Waals surface area contributed by atoms with Gasteiger partial charge in [0.15, 0.2) is 6.61 Å². The van der Waals surface area contributed by atoms with Crippen LogP contribution >= 0.6 is 11.6 Å². The van der Waals surface area contributed by atoms with Crippen molar-refractivity contribution in [2.45, 2.75) is 13.0 Å². The molecule has 0 heterocycles. The first kappa shape index (κ1) is 15.1. The predicted octanol–water partition coefficient (Wildman–Crippen LogP) is 1.32. The summed E-state index contributed by atoms with van der Waals surface area (Å²) in [5.74, 6) is -0.764. The Hall–Kier alpha value is -1.95. The van der Waals surface area contributed by atoms with E-state index in [1.54, 1.807) is 18.2 Å². The summed E-state index contributed by atoms with van der Waals surface area (Å²) in [6, 6.07) is 3.78. The minimum Gasteiger partial charge on any atom is -0.497 e. The van der Waals surface area contributed by atoms with Crippen LogP contribution in [0.3, 0.4) is 0 Å². The van der Waals surface area contributed by atoms with Crippen molar-refractivity contribution in [1.82, 2.24) is 5.32 Å². The van der Waals surface area contributed by atoms with Crippen LogP contribution in [0.4, 0.5) is 0 Å². The lowest BCUT2D eigenvalue weighted by molar-refractivity contribution is -0.141. The molecule has 0 aliphatic rings. The van der Waals surface area contributed by atoms with E-state index in [4.69, 9.17) is 26.2 Å². The monoisotopic (exact) mass is 287 g/mol. The van der Waals surface area contributed by atoms with Gasteiger partial charge in [-0.2, -0.15) is 0 Å². The predicted molar refractivity (Wildman–Crippen MR) is 68.7 cm³/mol. The number of hydrogen-bond acceptors (Lipinski definition) is 4. The molecule has 0 fully saturated rings. The van der Waals surface area contributed by atoms with E-state index in [0.717, 1.165) is 0 Å². The van der Waals surface area contributed by atoms with Gasteiger partial charge in [-0.1, -0.05) is 11.6 Å². The van der Waals surface area contributed by atoms with Crippen molar-refractivity contribution < 1.29 is 24.2 Å². The van der Waals surface area contributed by atoms with Crippen LogP contribution in [0.5, 0.6) is 11.5 Å². The Balaban J connectivity index is 2.53. The molecular weight excluding hydrogens is 274 g/mol. The molecule has 0 radical (unpaired) electrons. The number of amides is 1. The SMILES string of the molecule is COc1ccc(OCC(=O)NC(C)C(=O)O)c(Cl)c1. The average Bonchev–Trinajstić information content (AvgIpc) is 2.36. The van der Waals surface area contributed by atoms with Crippen LogP contribution in [0.15, 0.2) is 18.2 Å². The molecule has 0 aliphatic heterocycles. The molecule has 1 rings (SSSR count). The lowest BCUT2D eigenvalue weighted by atomic mass is 10.3. The van der Waals surface area contributed by atoms with E-state index in [1.165, 1.54) is 14.0 Å². The van der Waals surface area contributed by atoms with Crippen LogP contribution in [0.25, 0.3) is 0 Å². The van der Waals surface area contributed by atoms with Gasteiger partial charge in [0.2, 0.25) is 0 Å². The third-order valence-corrected chi connectivity index (χ3v) is 2.54. The van der Waals surface area contributed by atoms with Gasteiger partial charge in [-0.3, -0.25) is 9.59 Å². The molecule has 0 aliphatic carbocycles. The summed E-state index contributed by atoms with van der Waals surface area (Å²) >= 11 is 5.92. The molecular formula is C12H14ClNO5. The molecule has 2 N–H and O–H groups in total. The first-order valence-electron chi connectivity index (χ1n) is 5.42. The summed E-state index contributed by atoms with van der Waals surface area (Å²) in [4.78, 5) is 21.9. The number of aliphatic carboxylic acids is 1. The topological polar surface area (TPSA) is 84.9 Å². The third kappa shape index (κ3) is 4.67. The second-order valence-corrected chi connectivity index (χ2v) is 4.12. The number of nitrogens with one attached hydrogen (secondary N) is 1. The van der Waals surface area contributed by atoms with Gasteiger partial charge in [0.1, 0.15) is 17.5 Å². The van der Waals surface area contributed by atoms with Crippen LogP contribution in [-0.2, 0) is 9.59 Å². The molecule has 7 heteroatoms. The Morgan fingerprint density at radius 3 is 2.68 bits per heavy atom. The maximum Gasteiger partial charge on any atom is 0.325 e. The molecule has 0 aromatic heterocycles. The van der Waals surface area contributed by atoms with Gasteiger partial charge in [0.25, 0.3) is 5.91 Å². The number of ether oxygens (including phenoxy) is 2. The van der Waals surface area contributed by atoms with E-state index >= 15 is 0 Å². The molecule has 1 aromatic carbocycles. The smallest absolute Gasteiger partial charge is 0.325 e. The molecule has 0 bridgehead atoms. The molecule has 1 unspecified atom stereocenters. The van der Waals surface area contributed by atoms with E-state index < -0.39 is 17.9 Å². The summed E-state index contributed by atoms with van der Waals surface area (Å²) < 4.78 is 10.2. The van der Waals surface area contributed by atoms with Crippen LogP contribution in [-0.4, -0.2) is 36.7 Å². The zero-order valence-corrected chi connectivity index (χ0v) is 11.2. The molecule has 6 nitrogen and oxygen atoms in total. The summed E-state index contributed by atoms with van der Waals surface area (Å²) in [6.07, 6.45) is 0. The second kappa shape index (κ2) is 6.84. The van der Waals surface area contributed by atoms with Crippen LogP contribution in [0, 0.1) is 0 Å². The minimum absolute atomic E-state index is 0.304. The minimum atomic E-state index is -1.11. The van der Waals surface area contributed by atoms with Crippen LogP contribution in [0.1, 0.15) is 6.92 Å². The molecule has 0 saturated heterocycles. The van der Waals surface area contributed by atoms with Gasteiger partial charge in [0, 0.05) is 6.07 Å². The van der Waals surface area contributed by atoms with E-state index in [1.807, 2.05) is 0 Å². The van der Waals surface area contributed by atoms with E-state index in [2.05, 4.69) is 5.32 Å². The lowest BCUT2D eigenvalue weighted by Gasteiger charge is -2.11. The fourth-order valence-corrected chi connectivity index (χ4v) is 1.44. The number of carbonyl (C=O) groups is 2. The highest BCUT2D eigenvalue weighted by molar-refractivity contribution is 6.32. The van der Waals surface area contributed by atoms with Gasteiger partial charge in [0.05, 0.1) is 12.1 Å². The first-order chi connectivity index (χ1) is 8.93. The summed E-state index contributed by atoms with van der Waals surface area (Å²) in [5, 5.41) is 11.2. The van der Waals surface area contributed by atoms with Crippen molar-refractivity contribution in [2.75, 3.05) is 13.7 Å². The Labute approximate surface area is 115 Å². The Morgan fingerprint density at radius 1 is 1.47 bits per heavy atom. The molecule has 1 atom stereocenters. The van der Waals surface area contributed by atoms with Gasteiger partial charge in [-0.15, -0.1) is 0 Å². The molecule has 19 heavy (non-hydrogen) atoms. The van der Waals surface area contributed by atoms with Crippen molar-refractivity contribution in [2.24, 2.45) is 0 Å². The summed E-state index contributed by atoms with van der Waals surface area (Å²) in [6.45, 7) is 1.05. The second-order valence-electron chi connectivity index (χ2n) is 3.71. The Bertz CT molecular complexity index is 477. The van der Waals surface area contributed by atoms with Crippen molar-refractivity contribution in [3.63, 3.8) is 0 Å². The maximum absolute atomic E-state index is 11.4. The van der Waals surface area contributed by atoms with Crippen molar-refractivity contribution in [1.29, 1.82) is 0 Å². The summed E-state index contributed by atoms with van der Waals surface area (Å²) in [5.41, 5.74) is 0. The van der Waals surface area contributed by atoms with E-state index in [-0.39, 0.29) is 6.61 Å². The van der Waals surface area contributed by atoms with Crippen LogP contribution < -0.4 is 14.8 Å². The normalized spacial score (nSPS) is 11.5. The maximum atomic E-state index is 11.4. The van der Waals surface area contributed by atoms with Crippen LogP contribution in [0.2, 0.25) is 5.02 Å². The standard InChI is InChI=1S/C12H14ClNO5/c1-7(12(16)17)14-11(15)6-19-10-4-3-8(18-2)5-9(10)13/h3-5,7H,6H2,1-2H3,(H,14,15)(H,16,17). The van der Waals surface area contributed by atoms with E-state index in [9.17, 15) is 9.59 Å². The molecule has 1 aromatic rings. The average molecular weight is 288 g/mol. The number of carboxylic acid groups (broad SMARTS) is 1. The highest BCUT2D eigenvalue weighted by Gasteiger charge is 2.14. The number of carboxylic acids is 1. The number of hydrogen-bond donors (Lipinski definition) is 2. The Morgan fingerprint density at radius 2 is 2.16 bits per heavy atom. The highest BCUT2D eigenvalue weighted by atomic mass is 35.5. The van der Waals surface area contributed by atoms with Crippen molar-refractivity contribution in [3.8, 4) is 11.5 Å². The fourth-order valence-electron chi connectivity index (χ4n) is 1.21. The van der Waals surface area contributed by atoms with Crippen molar-refractivity contribution >= 4 is 23.5 Å². The van der Waals surface area contributed by atoms with Gasteiger partial charge < -0.3 is 19.9 Å². The zero-order chi connectivity index (χ0) is 14.4. The third-order valence-electron chi connectivity index (χ3n) is 2.25. The fraction of sp³-hybridized carbons (Fsp3) is 0.333.